The number of anilines is 1. The van der Waals surface area contributed by atoms with E-state index in [0.717, 1.165) is 11.0 Å². The summed E-state index contributed by atoms with van der Waals surface area (Å²) in [6.45, 7) is 6.52. The van der Waals surface area contributed by atoms with Crippen LogP contribution in [-0.2, 0) is 9.47 Å². The van der Waals surface area contributed by atoms with Crippen molar-refractivity contribution in [3.8, 4) is 0 Å². The summed E-state index contributed by atoms with van der Waals surface area (Å²) < 4.78 is 11.6. The molecule has 120 valence electrons. The molecule has 2 atom stereocenters. The van der Waals surface area contributed by atoms with Crippen molar-refractivity contribution in [2.45, 2.75) is 25.9 Å². The zero-order valence-electron chi connectivity index (χ0n) is 13.6. The third-order valence-electron chi connectivity index (χ3n) is 3.69. The molecule has 0 saturated carbocycles. The van der Waals surface area contributed by atoms with Crippen LogP contribution in [0.3, 0.4) is 0 Å². The third kappa shape index (κ3) is 5.25. The van der Waals surface area contributed by atoms with Gasteiger partial charge in [0.1, 0.15) is 0 Å². The molecule has 0 radical (unpaired) electrons. The van der Waals surface area contributed by atoms with Crippen molar-refractivity contribution >= 4 is 21.6 Å². The van der Waals surface area contributed by atoms with Crippen LogP contribution in [0.4, 0.5) is 5.69 Å². The van der Waals surface area contributed by atoms with E-state index in [9.17, 15) is 0 Å². The van der Waals surface area contributed by atoms with E-state index in [1.165, 1.54) is 11.3 Å². The molecule has 1 aromatic rings. The number of methoxy groups -OCH3 is 2. The first-order chi connectivity index (χ1) is 10.0. The zero-order chi connectivity index (χ0) is 15.8. The van der Waals surface area contributed by atoms with E-state index >= 15 is 0 Å². The zero-order valence-corrected chi connectivity index (χ0v) is 15.2. The molecular formula is C16H27BrN2O2. The Balaban J connectivity index is 3.01. The van der Waals surface area contributed by atoms with Crippen LogP contribution >= 0.6 is 15.9 Å². The molecule has 0 fully saturated rings. The van der Waals surface area contributed by atoms with Crippen molar-refractivity contribution in [2.75, 3.05) is 45.9 Å². The molecule has 0 amide bonds. The van der Waals surface area contributed by atoms with Crippen LogP contribution in [-0.4, -0.2) is 47.1 Å². The molecule has 0 saturated heterocycles. The molecule has 1 rings (SSSR count). The average Bonchev–Trinajstić information content (AvgIpc) is 2.48. The Morgan fingerprint density at radius 2 is 1.95 bits per heavy atom. The number of halogens is 1. The fourth-order valence-corrected chi connectivity index (χ4v) is 2.92. The van der Waals surface area contributed by atoms with E-state index < -0.39 is 0 Å². The smallest absolute Gasteiger partial charge is 0.0663 e. The van der Waals surface area contributed by atoms with Gasteiger partial charge in [-0.15, -0.1) is 0 Å². The minimum Gasteiger partial charge on any atom is -0.383 e. The number of ether oxygens (including phenoxy) is 2. The summed E-state index contributed by atoms with van der Waals surface area (Å²) >= 11 is 3.71. The van der Waals surface area contributed by atoms with Gasteiger partial charge in [0, 0.05) is 37.3 Å². The Bertz CT molecular complexity index is 429. The van der Waals surface area contributed by atoms with Crippen LogP contribution in [0.15, 0.2) is 22.7 Å². The summed E-state index contributed by atoms with van der Waals surface area (Å²) in [5, 5.41) is 3.26. The van der Waals surface area contributed by atoms with E-state index in [-0.39, 0.29) is 6.04 Å². The molecule has 21 heavy (non-hydrogen) atoms. The predicted molar refractivity (Wildman–Crippen MR) is 92.2 cm³/mol. The molecule has 4 nitrogen and oxygen atoms in total. The summed E-state index contributed by atoms with van der Waals surface area (Å²) in [6, 6.07) is 7.12. The third-order valence-corrected chi connectivity index (χ3v) is 4.33. The maximum atomic E-state index is 5.30. The first kappa shape index (κ1) is 18.4. The van der Waals surface area contributed by atoms with Crippen molar-refractivity contribution in [2.24, 2.45) is 0 Å². The summed E-state index contributed by atoms with van der Waals surface area (Å²) in [4.78, 5) is 2.31. The second-order valence-corrected chi connectivity index (χ2v) is 6.07. The fourth-order valence-electron chi connectivity index (χ4n) is 2.29. The van der Waals surface area contributed by atoms with Crippen LogP contribution in [0.2, 0.25) is 0 Å². The van der Waals surface area contributed by atoms with E-state index in [1.54, 1.807) is 14.2 Å². The molecule has 2 unspecified atom stereocenters. The Labute approximate surface area is 136 Å². The molecule has 0 bridgehead atoms. The van der Waals surface area contributed by atoms with E-state index in [0.29, 0.717) is 19.3 Å². The van der Waals surface area contributed by atoms with Gasteiger partial charge in [-0.25, -0.2) is 0 Å². The lowest BCUT2D eigenvalue weighted by Gasteiger charge is -2.32. The van der Waals surface area contributed by atoms with E-state index in [2.05, 4.69) is 58.2 Å². The second kappa shape index (κ2) is 9.41. The van der Waals surface area contributed by atoms with Crippen molar-refractivity contribution in [3.05, 3.63) is 28.2 Å². The highest BCUT2D eigenvalue weighted by atomic mass is 79.9. The first-order valence-electron chi connectivity index (χ1n) is 7.26. The van der Waals surface area contributed by atoms with Gasteiger partial charge in [0.25, 0.3) is 0 Å². The highest BCUT2D eigenvalue weighted by Crippen LogP contribution is 2.30. The number of nitrogens with one attached hydrogen (secondary N) is 1. The van der Waals surface area contributed by atoms with Gasteiger partial charge in [0.2, 0.25) is 0 Å². The normalized spacial score (nSPS) is 14.0. The van der Waals surface area contributed by atoms with E-state index in [4.69, 9.17) is 9.47 Å². The summed E-state index contributed by atoms with van der Waals surface area (Å²) in [7, 11) is 5.43. The first-order valence-corrected chi connectivity index (χ1v) is 8.05. The van der Waals surface area contributed by atoms with Gasteiger partial charge in [0.05, 0.1) is 18.9 Å². The molecule has 1 N–H and O–H groups in total. The lowest BCUT2D eigenvalue weighted by Crippen LogP contribution is -2.39. The SMILES string of the molecule is CNC(C)c1ccc(N(CCOC)C(C)COC)c(Br)c1. The molecule has 0 spiro atoms. The standard InChI is InChI=1S/C16H27BrN2O2/c1-12(11-21-5)19(8-9-20-4)16-7-6-14(10-15(16)17)13(2)18-3/h6-7,10,12-13,18H,8-9,11H2,1-5H3. The minimum atomic E-state index is 0.286. The number of rotatable bonds is 9. The fraction of sp³-hybridized carbons (Fsp3) is 0.625. The Kier molecular flexibility index (Phi) is 8.26. The van der Waals surface area contributed by atoms with Crippen LogP contribution in [0.1, 0.15) is 25.5 Å². The van der Waals surface area contributed by atoms with Gasteiger partial charge < -0.3 is 19.7 Å². The molecule has 0 heterocycles. The van der Waals surface area contributed by atoms with Crippen LogP contribution < -0.4 is 10.2 Å². The number of nitrogens with zero attached hydrogens (tertiary/aromatic N) is 1. The van der Waals surface area contributed by atoms with Crippen LogP contribution in [0, 0.1) is 0 Å². The second-order valence-electron chi connectivity index (χ2n) is 5.21. The Morgan fingerprint density at radius 1 is 1.24 bits per heavy atom. The number of benzene rings is 1. The quantitative estimate of drug-likeness (QED) is 0.734. The molecule has 5 heteroatoms. The largest absolute Gasteiger partial charge is 0.383 e. The molecular weight excluding hydrogens is 332 g/mol. The monoisotopic (exact) mass is 358 g/mol. The predicted octanol–water partition coefficient (Wildman–Crippen LogP) is 3.22. The average molecular weight is 359 g/mol. The molecule has 0 aliphatic heterocycles. The highest BCUT2D eigenvalue weighted by molar-refractivity contribution is 9.10. The van der Waals surface area contributed by atoms with Crippen molar-refractivity contribution in [3.63, 3.8) is 0 Å². The molecule has 0 aromatic heterocycles. The lowest BCUT2D eigenvalue weighted by molar-refractivity contribution is 0.171. The summed E-state index contributed by atoms with van der Waals surface area (Å²) in [5.74, 6) is 0. The maximum Gasteiger partial charge on any atom is 0.0663 e. The van der Waals surface area contributed by atoms with Crippen molar-refractivity contribution < 1.29 is 9.47 Å². The Hall–Kier alpha value is -0.620. The van der Waals surface area contributed by atoms with Crippen LogP contribution in [0.25, 0.3) is 0 Å². The van der Waals surface area contributed by atoms with Gasteiger partial charge in [-0.05, 0) is 54.5 Å². The van der Waals surface area contributed by atoms with E-state index in [1.807, 2.05) is 7.05 Å². The van der Waals surface area contributed by atoms with Crippen molar-refractivity contribution in [1.82, 2.24) is 5.32 Å². The van der Waals surface area contributed by atoms with Gasteiger partial charge in [-0.2, -0.15) is 0 Å². The topological polar surface area (TPSA) is 33.7 Å². The van der Waals surface area contributed by atoms with Gasteiger partial charge in [0.15, 0.2) is 0 Å². The van der Waals surface area contributed by atoms with Crippen LogP contribution in [0.5, 0.6) is 0 Å². The molecule has 0 aliphatic rings. The van der Waals surface area contributed by atoms with Crippen molar-refractivity contribution in [1.29, 1.82) is 0 Å². The number of hydrogen-bond acceptors (Lipinski definition) is 4. The van der Waals surface area contributed by atoms with Gasteiger partial charge >= 0.3 is 0 Å². The number of hydrogen-bond donors (Lipinski definition) is 1. The van der Waals surface area contributed by atoms with Gasteiger partial charge in [-0.3, -0.25) is 0 Å². The molecule has 1 aromatic carbocycles. The van der Waals surface area contributed by atoms with Gasteiger partial charge in [-0.1, -0.05) is 6.07 Å². The minimum absolute atomic E-state index is 0.286. The maximum absolute atomic E-state index is 5.30. The summed E-state index contributed by atoms with van der Waals surface area (Å²) in [6.07, 6.45) is 0. The highest BCUT2D eigenvalue weighted by Gasteiger charge is 2.17. The molecule has 0 aliphatic carbocycles. The Morgan fingerprint density at radius 3 is 2.48 bits per heavy atom. The lowest BCUT2D eigenvalue weighted by atomic mass is 10.1. The summed E-state index contributed by atoms with van der Waals surface area (Å²) in [5.41, 5.74) is 2.43.